The topological polar surface area (TPSA) is 69.0 Å². The number of hydrogen-bond acceptors (Lipinski definition) is 4. The van der Waals surface area contributed by atoms with Gasteiger partial charge in [-0.2, -0.15) is 10.1 Å². The number of benzene rings is 2. The van der Waals surface area contributed by atoms with Gasteiger partial charge in [0, 0.05) is 23.9 Å². The van der Waals surface area contributed by atoms with Crippen LogP contribution in [-0.2, 0) is 17.8 Å². The molecule has 0 saturated heterocycles. The zero-order valence-corrected chi connectivity index (χ0v) is 20.6. The molecule has 4 rings (SSSR count). The van der Waals surface area contributed by atoms with Crippen molar-refractivity contribution in [3.05, 3.63) is 82.0 Å². The lowest BCUT2D eigenvalue weighted by atomic mass is 10.0. The molecule has 0 saturated carbocycles. The molecule has 0 aliphatic heterocycles. The minimum Gasteiger partial charge on any atom is -0.478 e. The Balaban J connectivity index is 1.60. The monoisotopic (exact) mass is 456 g/mol. The van der Waals surface area contributed by atoms with Crippen molar-refractivity contribution in [2.75, 3.05) is 6.61 Å². The summed E-state index contributed by atoms with van der Waals surface area (Å²) in [4.78, 5) is 17.5. The number of aryl methyl sites for hydroxylation is 4. The molecule has 2 aromatic carbocycles. The Kier molecular flexibility index (Phi) is 6.96. The predicted molar refractivity (Wildman–Crippen MR) is 136 cm³/mol. The van der Waals surface area contributed by atoms with Gasteiger partial charge in [0.25, 0.3) is 0 Å². The number of rotatable bonds is 8. The summed E-state index contributed by atoms with van der Waals surface area (Å²) in [6.07, 6.45) is 0.921. The molecule has 4 aromatic rings. The van der Waals surface area contributed by atoms with Crippen LogP contribution in [-0.4, -0.2) is 27.3 Å². The first-order valence-electron chi connectivity index (χ1n) is 11.8. The highest BCUT2D eigenvalue weighted by Gasteiger charge is 2.20. The molecule has 0 unspecified atom stereocenters. The third kappa shape index (κ3) is 4.96. The van der Waals surface area contributed by atoms with Crippen LogP contribution in [0.2, 0.25) is 0 Å². The van der Waals surface area contributed by atoms with E-state index in [1.165, 1.54) is 5.56 Å². The van der Waals surface area contributed by atoms with Crippen molar-refractivity contribution in [2.24, 2.45) is 0 Å². The zero-order valence-electron chi connectivity index (χ0n) is 20.6. The van der Waals surface area contributed by atoms with E-state index in [0.717, 1.165) is 44.7 Å². The Morgan fingerprint density at radius 3 is 2.50 bits per heavy atom. The first-order valence-corrected chi connectivity index (χ1v) is 11.8. The lowest BCUT2D eigenvalue weighted by Crippen LogP contribution is -2.23. The normalized spacial score (nSPS) is 11.1. The molecule has 0 spiro atoms. The van der Waals surface area contributed by atoms with Crippen LogP contribution in [0.3, 0.4) is 0 Å². The minimum atomic E-state index is 0.00898. The van der Waals surface area contributed by atoms with Crippen molar-refractivity contribution in [1.82, 2.24) is 20.1 Å². The van der Waals surface area contributed by atoms with Crippen molar-refractivity contribution < 1.29 is 9.53 Å². The zero-order chi connectivity index (χ0) is 24.2. The van der Waals surface area contributed by atoms with Crippen LogP contribution in [0.5, 0.6) is 5.88 Å². The lowest BCUT2D eigenvalue weighted by molar-refractivity contribution is -0.121. The van der Waals surface area contributed by atoms with E-state index >= 15 is 0 Å². The smallest absolute Gasteiger partial charge is 0.220 e. The Morgan fingerprint density at radius 1 is 1.03 bits per heavy atom. The second-order valence-corrected chi connectivity index (χ2v) is 8.75. The molecular formula is C28H32N4O2. The molecule has 0 bridgehead atoms. The summed E-state index contributed by atoms with van der Waals surface area (Å²) in [6.45, 7) is 11.2. The molecule has 6 heteroatoms. The number of carbonyl (C=O) groups excluding carboxylic acids is 1. The van der Waals surface area contributed by atoms with E-state index in [1.807, 2.05) is 42.8 Å². The number of nitrogens with one attached hydrogen (secondary N) is 1. The molecule has 0 radical (unpaired) electrons. The predicted octanol–water partition coefficient (Wildman–Crippen LogP) is 5.30. The molecule has 6 nitrogen and oxygen atoms in total. The highest BCUT2D eigenvalue weighted by Crippen LogP contribution is 2.32. The first-order chi connectivity index (χ1) is 16.4. The third-order valence-corrected chi connectivity index (χ3v) is 6.07. The van der Waals surface area contributed by atoms with Gasteiger partial charge in [-0.05, 0) is 69.9 Å². The fourth-order valence-electron chi connectivity index (χ4n) is 4.26. The quantitative estimate of drug-likeness (QED) is 0.391. The molecule has 2 heterocycles. The highest BCUT2D eigenvalue weighted by molar-refractivity contribution is 5.86. The van der Waals surface area contributed by atoms with E-state index in [9.17, 15) is 4.79 Å². The number of pyridine rings is 1. The van der Waals surface area contributed by atoms with Crippen LogP contribution in [0.15, 0.2) is 48.5 Å². The van der Waals surface area contributed by atoms with Crippen LogP contribution in [0, 0.1) is 27.7 Å². The Morgan fingerprint density at radius 2 is 1.79 bits per heavy atom. The Bertz CT molecular complexity index is 1320. The van der Waals surface area contributed by atoms with Gasteiger partial charge in [-0.15, -0.1) is 0 Å². The van der Waals surface area contributed by atoms with Crippen molar-refractivity contribution in [1.29, 1.82) is 0 Å². The van der Waals surface area contributed by atoms with Crippen LogP contribution >= 0.6 is 0 Å². The summed E-state index contributed by atoms with van der Waals surface area (Å²) in [6, 6.07) is 16.4. The number of aromatic nitrogens is 3. The van der Waals surface area contributed by atoms with Crippen molar-refractivity contribution in [2.45, 2.75) is 54.0 Å². The van der Waals surface area contributed by atoms with Gasteiger partial charge < -0.3 is 10.1 Å². The summed E-state index contributed by atoms with van der Waals surface area (Å²) < 4.78 is 7.82. The van der Waals surface area contributed by atoms with Gasteiger partial charge in [0.2, 0.25) is 11.8 Å². The van der Waals surface area contributed by atoms with Gasteiger partial charge in [0.1, 0.15) is 0 Å². The van der Waals surface area contributed by atoms with Crippen LogP contribution in [0.4, 0.5) is 0 Å². The number of ether oxygens (including phenoxy) is 1. The number of amides is 1. The van der Waals surface area contributed by atoms with Crippen LogP contribution in [0.1, 0.15) is 46.9 Å². The van der Waals surface area contributed by atoms with E-state index in [4.69, 9.17) is 14.8 Å². The Hall–Kier alpha value is -3.67. The van der Waals surface area contributed by atoms with Crippen molar-refractivity contribution >= 4 is 16.9 Å². The molecule has 0 atom stereocenters. The van der Waals surface area contributed by atoms with E-state index in [2.05, 4.69) is 50.4 Å². The lowest BCUT2D eigenvalue weighted by Gasteiger charge is -2.14. The standard InChI is InChI=1S/C28H32N4O2/c1-6-34-28-24(14-15-25(33)29-17-22-12-10-18(2)11-13-22)20(4)26-21(5)31-32(27(26)30-28)23-9-7-8-19(3)16-23/h7-13,16H,6,14-15,17H2,1-5H3,(H,29,33). The number of hydrogen-bond donors (Lipinski definition) is 1. The van der Waals surface area contributed by atoms with Gasteiger partial charge >= 0.3 is 0 Å². The number of nitrogens with zero attached hydrogens (tertiary/aromatic N) is 3. The summed E-state index contributed by atoms with van der Waals surface area (Å²) in [5.74, 6) is 0.585. The van der Waals surface area contributed by atoms with E-state index in [0.29, 0.717) is 31.9 Å². The van der Waals surface area contributed by atoms with Gasteiger partial charge in [-0.1, -0.05) is 42.0 Å². The first kappa shape index (κ1) is 23.5. The average Bonchev–Trinajstić information content (AvgIpc) is 3.15. The molecule has 0 aliphatic carbocycles. The van der Waals surface area contributed by atoms with E-state index in [-0.39, 0.29) is 5.91 Å². The molecule has 1 amide bonds. The molecule has 34 heavy (non-hydrogen) atoms. The van der Waals surface area contributed by atoms with Gasteiger partial charge in [0.15, 0.2) is 5.65 Å². The van der Waals surface area contributed by atoms with E-state index < -0.39 is 0 Å². The molecule has 1 N–H and O–H groups in total. The maximum Gasteiger partial charge on any atom is 0.220 e. The Labute approximate surface area is 201 Å². The summed E-state index contributed by atoms with van der Waals surface area (Å²) >= 11 is 0. The molecule has 2 aromatic heterocycles. The maximum absolute atomic E-state index is 12.6. The van der Waals surface area contributed by atoms with Gasteiger partial charge in [-0.25, -0.2) is 4.68 Å². The second kappa shape index (κ2) is 10.1. The summed E-state index contributed by atoms with van der Waals surface area (Å²) in [7, 11) is 0. The summed E-state index contributed by atoms with van der Waals surface area (Å²) in [5.41, 5.74) is 8.14. The van der Waals surface area contributed by atoms with E-state index in [1.54, 1.807) is 0 Å². The van der Waals surface area contributed by atoms with Gasteiger partial charge in [0.05, 0.1) is 18.0 Å². The highest BCUT2D eigenvalue weighted by atomic mass is 16.5. The SMILES string of the molecule is CCOc1nc2c(c(C)nn2-c2cccc(C)c2)c(C)c1CCC(=O)NCc1ccc(C)cc1. The maximum atomic E-state index is 12.6. The second-order valence-electron chi connectivity index (χ2n) is 8.75. The summed E-state index contributed by atoms with van der Waals surface area (Å²) in [5, 5.41) is 8.82. The molecule has 0 fully saturated rings. The largest absolute Gasteiger partial charge is 0.478 e. The molecule has 176 valence electrons. The fraction of sp³-hybridized carbons (Fsp3) is 0.321. The third-order valence-electron chi connectivity index (χ3n) is 6.07. The fourth-order valence-corrected chi connectivity index (χ4v) is 4.26. The van der Waals surface area contributed by atoms with Crippen LogP contribution < -0.4 is 10.1 Å². The van der Waals surface area contributed by atoms with Gasteiger partial charge in [-0.3, -0.25) is 4.79 Å². The minimum absolute atomic E-state index is 0.00898. The molecular weight excluding hydrogens is 424 g/mol. The average molecular weight is 457 g/mol. The van der Waals surface area contributed by atoms with Crippen molar-refractivity contribution in [3.8, 4) is 11.6 Å². The number of fused-ring (bicyclic) bond motifs is 1. The number of carbonyl (C=O) groups is 1. The molecule has 0 aliphatic rings. The van der Waals surface area contributed by atoms with Crippen LogP contribution in [0.25, 0.3) is 16.7 Å². The van der Waals surface area contributed by atoms with Crippen molar-refractivity contribution in [3.63, 3.8) is 0 Å².